The van der Waals surface area contributed by atoms with E-state index < -0.39 is 4.92 Å². The van der Waals surface area contributed by atoms with E-state index in [1.807, 2.05) is 4.90 Å². The average Bonchev–Trinajstić information content (AvgIpc) is 2.90. The Labute approximate surface area is 108 Å². The van der Waals surface area contributed by atoms with E-state index in [9.17, 15) is 14.9 Å². The Hall–Kier alpha value is -2.44. The molecule has 2 heterocycles. The standard InChI is InChI=1S/C12H12N4O3/c17-12-11(15-5-1-2-6-15)13-9-4-3-8(16(18)19)7-10(9)14-12/h3-4,7H,1-2,5-6H2,(H,14,17). The van der Waals surface area contributed by atoms with Gasteiger partial charge in [-0.15, -0.1) is 0 Å². The molecule has 1 aliphatic heterocycles. The lowest BCUT2D eigenvalue weighted by Gasteiger charge is -2.15. The molecule has 19 heavy (non-hydrogen) atoms. The molecule has 3 rings (SSSR count). The highest BCUT2D eigenvalue weighted by Gasteiger charge is 2.18. The lowest BCUT2D eigenvalue weighted by atomic mass is 10.2. The highest BCUT2D eigenvalue weighted by Crippen LogP contribution is 2.20. The number of nitro groups is 1. The van der Waals surface area contributed by atoms with Crippen LogP contribution in [0.25, 0.3) is 11.0 Å². The number of nitro benzene ring substituents is 1. The van der Waals surface area contributed by atoms with Gasteiger partial charge in [0.2, 0.25) is 0 Å². The number of non-ortho nitro benzene ring substituents is 1. The minimum absolute atomic E-state index is 0.0566. The SMILES string of the molecule is O=c1[nH]c2cc([N+](=O)[O-])ccc2nc1N1CCCC1. The summed E-state index contributed by atoms with van der Waals surface area (Å²) in [6, 6.07) is 4.28. The predicted molar refractivity (Wildman–Crippen MR) is 70.5 cm³/mol. The first kappa shape index (κ1) is 11.6. The minimum atomic E-state index is -0.494. The maximum absolute atomic E-state index is 12.0. The quantitative estimate of drug-likeness (QED) is 0.651. The molecule has 0 spiro atoms. The second-order valence-corrected chi connectivity index (χ2v) is 4.54. The van der Waals surface area contributed by atoms with Crippen molar-refractivity contribution in [2.75, 3.05) is 18.0 Å². The monoisotopic (exact) mass is 260 g/mol. The van der Waals surface area contributed by atoms with Crippen LogP contribution >= 0.6 is 0 Å². The Morgan fingerprint density at radius 2 is 2.05 bits per heavy atom. The van der Waals surface area contributed by atoms with Crippen molar-refractivity contribution in [3.63, 3.8) is 0 Å². The van der Waals surface area contributed by atoms with Crippen LogP contribution in [0.15, 0.2) is 23.0 Å². The fraction of sp³-hybridized carbons (Fsp3) is 0.333. The molecule has 98 valence electrons. The fourth-order valence-corrected chi connectivity index (χ4v) is 2.32. The summed E-state index contributed by atoms with van der Waals surface area (Å²) in [5.41, 5.74) is 0.600. The minimum Gasteiger partial charge on any atom is -0.352 e. The topological polar surface area (TPSA) is 92.1 Å². The van der Waals surface area contributed by atoms with E-state index in [4.69, 9.17) is 0 Å². The number of aromatic nitrogens is 2. The first-order valence-corrected chi connectivity index (χ1v) is 6.08. The van der Waals surface area contributed by atoms with Crippen molar-refractivity contribution in [2.24, 2.45) is 0 Å². The van der Waals surface area contributed by atoms with Crippen LogP contribution in [-0.4, -0.2) is 28.0 Å². The van der Waals surface area contributed by atoms with Crippen molar-refractivity contribution >= 4 is 22.5 Å². The second-order valence-electron chi connectivity index (χ2n) is 4.54. The smallest absolute Gasteiger partial charge is 0.291 e. The molecule has 1 aromatic heterocycles. The summed E-state index contributed by atoms with van der Waals surface area (Å²) in [6.07, 6.45) is 2.11. The first-order chi connectivity index (χ1) is 9.15. The molecule has 0 bridgehead atoms. The highest BCUT2D eigenvalue weighted by atomic mass is 16.6. The van der Waals surface area contributed by atoms with E-state index >= 15 is 0 Å². The van der Waals surface area contributed by atoms with Crippen molar-refractivity contribution in [1.29, 1.82) is 0 Å². The molecule has 1 aliphatic rings. The van der Waals surface area contributed by atoms with Crippen molar-refractivity contribution in [1.82, 2.24) is 9.97 Å². The fourth-order valence-electron chi connectivity index (χ4n) is 2.32. The van der Waals surface area contributed by atoms with Crippen LogP contribution in [0.5, 0.6) is 0 Å². The molecule has 1 N–H and O–H groups in total. The van der Waals surface area contributed by atoms with E-state index in [0.717, 1.165) is 25.9 Å². The Morgan fingerprint density at radius 1 is 1.32 bits per heavy atom. The second kappa shape index (κ2) is 4.34. The van der Waals surface area contributed by atoms with Gasteiger partial charge < -0.3 is 9.88 Å². The molecule has 7 heteroatoms. The molecule has 0 unspecified atom stereocenters. The number of nitrogens with zero attached hydrogens (tertiary/aromatic N) is 3. The van der Waals surface area contributed by atoms with Gasteiger partial charge in [-0.1, -0.05) is 0 Å². The molecule has 0 atom stereocenters. The summed E-state index contributed by atoms with van der Waals surface area (Å²) >= 11 is 0. The molecule has 7 nitrogen and oxygen atoms in total. The van der Waals surface area contributed by atoms with Crippen molar-refractivity contribution in [3.05, 3.63) is 38.7 Å². The van der Waals surface area contributed by atoms with Gasteiger partial charge in [0.25, 0.3) is 11.2 Å². The van der Waals surface area contributed by atoms with Crippen molar-refractivity contribution < 1.29 is 4.92 Å². The van der Waals surface area contributed by atoms with Crippen LogP contribution in [0, 0.1) is 10.1 Å². The van der Waals surface area contributed by atoms with Crippen LogP contribution in [-0.2, 0) is 0 Å². The Balaban J connectivity index is 2.13. The maximum Gasteiger partial charge on any atom is 0.291 e. The van der Waals surface area contributed by atoms with Gasteiger partial charge in [-0.05, 0) is 18.9 Å². The number of rotatable bonds is 2. The van der Waals surface area contributed by atoms with Crippen LogP contribution in [0.2, 0.25) is 0 Å². The Bertz CT molecular complexity index is 704. The van der Waals surface area contributed by atoms with Gasteiger partial charge in [0, 0.05) is 25.2 Å². The summed E-state index contributed by atoms with van der Waals surface area (Å²) in [7, 11) is 0. The molecule has 1 saturated heterocycles. The van der Waals surface area contributed by atoms with E-state index in [2.05, 4.69) is 9.97 Å². The summed E-state index contributed by atoms with van der Waals surface area (Å²) in [4.78, 5) is 31.1. The van der Waals surface area contributed by atoms with Gasteiger partial charge in [-0.25, -0.2) is 4.98 Å². The third-order valence-corrected chi connectivity index (χ3v) is 3.27. The normalized spacial score (nSPS) is 15.1. The number of fused-ring (bicyclic) bond motifs is 1. The molecule has 1 fully saturated rings. The zero-order valence-electron chi connectivity index (χ0n) is 10.1. The summed E-state index contributed by atoms with van der Waals surface area (Å²) in [6.45, 7) is 1.66. The molecule has 0 saturated carbocycles. The summed E-state index contributed by atoms with van der Waals surface area (Å²) < 4.78 is 0. The highest BCUT2D eigenvalue weighted by molar-refractivity contribution is 5.78. The number of aromatic amines is 1. The third-order valence-electron chi connectivity index (χ3n) is 3.27. The lowest BCUT2D eigenvalue weighted by Crippen LogP contribution is -2.27. The number of nitrogens with one attached hydrogen (secondary N) is 1. The number of hydrogen-bond donors (Lipinski definition) is 1. The predicted octanol–water partition coefficient (Wildman–Crippen LogP) is 1.43. The molecular weight excluding hydrogens is 248 g/mol. The van der Waals surface area contributed by atoms with Crippen LogP contribution in [0.1, 0.15) is 12.8 Å². The largest absolute Gasteiger partial charge is 0.352 e. The van der Waals surface area contributed by atoms with Gasteiger partial charge in [0.05, 0.1) is 16.0 Å². The molecule has 2 aromatic rings. The van der Waals surface area contributed by atoms with Crippen LogP contribution in [0.3, 0.4) is 0 Å². The maximum atomic E-state index is 12.0. The lowest BCUT2D eigenvalue weighted by molar-refractivity contribution is -0.384. The number of hydrogen-bond acceptors (Lipinski definition) is 5. The van der Waals surface area contributed by atoms with E-state index in [-0.39, 0.29) is 11.2 Å². The number of benzene rings is 1. The summed E-state index contributed by atoms with van der Waals surface area (Å²) in [5.74, 6) is 0.402. The van der Waals surface area contributed by atoms with Crippen LogP contribution < -0.4 is 10.5 Å². The van der Waals surface area contributed by atoms with Gasteiger partial charge in [0.15, 0.2) is 5.82 Å². The molecule has 0 aliphatic carbocycles. The molecular formula is C12H12N4O3. The Morgan fingerprint density at radius 3 is 2.74 bits per heavy atom. The molecule has 0 amide bonds. The van der Waals surface area contributed by atoms with E-state index in [1.165, 1.54) is 12.1 Å². The van der Waals surface area contributed by atoms with Gasteiger partial charge >= 0.3 is 0 Å². The number of H-pyrrole nitrogens is 1. The van der Waals surface area contributed by atoms with Crippen LogP contribution in [0.4, 0.5) is 11.5 Å². The zero-order valence-corrected chi connectivity index (χ0v) is 10.1. The molecule has 0 radical (unpaired) electrons. The van der Waals surface area contributed by atoms with Crippen molar-refractivity contribution in [2.45, 2.75) is 12.8 Å². The van der Waals surface area contributed by atoms with Gasteiger partial charge in [0.1, 0.15) is 0 Å². The zero-order chi connectivity index (χ0) is 13.4. The van der Waals surface area contributed by atoms with Crippen molar-refractivity contribution in [3.8, 4) is 0 Å². The Kier molecular flexibility index (Phi) is 2.66. The first-order valence-electron chi connectivity index (χ1n) is 6.08. The average molecular weight is 260 g/mol. The number of anilines is 1. The van der Waals surface area contributed by atoms with E-state index in [0.29, 0.717) is 16.9 Å². The summed E-state index contributed by atoms with van der Waals surface area (Å²) in [5, 5.41) is 10.7. The van der Waals surface area contributed by atoms with E-state index in [1.54, 1.807) is 6.07 Å². The van der Waals surface area contributed by atoms with Gasteiger partial charge in [-0.2, -0.15) is 0 Å². The molecule has 1 aromatic carbocycles. The third kappa shape index (κ3) is 2.03. The van der Waals surface area contributed by atoms with Gasteiger partial charge in [-0.3, -0.25) is 14.9 Å².